The van der Waals surface area contributed by atoms with E-state index in [-0.39, 0.29) is 4.75 Å². The molecule has 5 heteroatoms. The molecule has 1 aromatic carbocycles. The fraction of sp³-hybridized carbons (Fsp3) is 0.500. The molecule has 19 heavy (non-hydrogen) atoms. The summed E-state index contributed by atoms with van der Waals surface area (Å²) in [6, 6.07) is 5.72. The molecular weight excluding hydrogens is 256 g/mol. The van der Waals surface area contributed by atoms with E-state index in [1.54, 1.807) is 0 Å². The molecule has 0 atom stereocenters. The number of anilines is 2. The molecule has 0 amide bonds. The molecule has 0 unspecified atom stereocenters. The topological polar surface area (TPSA) is 66.7 Å². The number of nitrogens with zero attached hydrogens (tertiary/aromatic N) is 1. The molecule has 0 spiro atoms. The van der Waals surface area contributed by atoms with Gasteiger partial charge in [0.2, 0.25) is 5.95 Å². The van der Waals surface area contributed by atoms with E-state index < -0.39 is 0 Å². The van der Waals surface area contributed by atoms with E-state index in [1.165, 1.54) is 0 Å². The quantitative estimate of drug-likeness (QED) is 0.708. The Morgan fingerprint density at radius 3 is 2.74 bits per heavy atom. The van der Waals surface area contributed by atoms with Crippen LogP contribution in [0, 0.1) is 0 Å². The number of imidazole rings is 1. The lowest BCUT2D eigenvalue weighted by molar-refractivity contribution is 0.573. The highest BCUT2D eigenvalue weighted by Crippen LogP contribution is 2.30. The van der Waals surface area contributed by atoms with Crippen molar-refractivity contribution in [2.75, 3.05) is 23.9 Å². The van der Waals surface area contributed by atoms with Crippen molar-refractivity contribution in [3.8, 4) is 0 Å². The van der Waals surface area contributed by atoms with Gasteiger partial charge in [-0.3, -0.25) is 0 Å². The number of hydrogen-bond donors (Lipinski definition) is 3. The van der Waals surface area contributed by atoms with Crippen LogP contribution in [0.2, 0.25) is 0 Å². The molecule has 0 bridgehead atoms. The van der Waals surface area contributed by atoms with Gasteiger partial charge in [-0.1, -0.05) is 13.8 Å². The smallest absolute Gasteiger partial charge is 0.201 e. The van der Waals surface area contributed by atoms with Gasteiger partial charge in [-0.25, -0.2) is 4.98 Å². The van der Waals surface area contributed by atoms with Gasteiger partial charge in [-0.2, -0.15) is 11.8 Å². The predicted octanol–water partition coefficient (Wildman–Crippen LogP) is 3.48. The Bertz CT molecular complexity index is 537. The second-order valence-corrected chi connectivity index (χ2v) is 6.08. The number of aromatic nitrogens is 2. The molecule has 0 aliphatic carbocycles. The summed E-state index contributed by atoms with van der Waals surface area (Å²) in [6.07, 6.45) is 4.46. The molecule has 0 radical (unpaired) electrons. The minimum absolute atomic E-state index is 0.276. The molecule has 104 valence electrons. The van der Waals surface area contributed by atoms with Crippen molar-refractivity contribution < 1.29 is 0 Å². The van der Waals surface area contributed by atoms with Crippen LogP contribution in [0.15, 0.2) is 18.2 Å². The number of hydrogen-bond acceptors (Lipinski definition) is 4. The zero-order chi connectivity index (χ0) is 13.9. The first kappa shape index (κ1) is 14.1. The molecule has 0 aliphatic rings. The molecular formula is C14H22N4S. The van der Waals surface area contributed by atoms with Crippen LogP contribution in [0.1, 0.15) is 26.7 Å². The van der Waals surface area contributed by atoms with Crippen LogP contribution in [0.4, 0.5) is 11.6 Å². The van der Waals surface area contributed by atoms with E-state index in [2.05, 4.69) is 35.4 Å². The Hall–Kier alpha value is -1.36. The van der Waals surface area contributed by atoms with E-state index in [0.717, 1.165) is 42.1 Å². The van der Waals surface area contributed by atoms with Gasteiger partial charge in [0, 0.05) is 17.0 Å². The lowest BCUT2D eigenvalue weighted by atomic mass is 10.0. The summed E-state index contributed by atoms with van der Waals surface area (Å²) in [5, 5.41) is 3.42. The van der Waals surface area contributed by atoms with Gasteiger partial charge in [-0.05, 0) is 37.3 Å². The van der Waals surface area contributed by atoms with Crippen LogP contribution in [0.5, 0.6) is 0 Å². The summed E-state index contributed by atoms with van der Waals surface area (Å²) in [7, 11) is 0. The van der Waals surface area contributed by atoms with Gasteiger partial charge >= 0.3 is 0 Å². The van der Waals surface area contributed by atoms with Crippen molar-refractivity contribution in [1.29, 1.82) is 0 Å². The van der Waals surface area contributed by atoms with E-state index in [9.17, 15) is 0 Å². The number of benzene rings is 1. The van der Waals surface area contributed by atoms with Crippen LogP contribution in [-0.2, 0) is 0 Å². The summed E-state index contributed by atoms with van der Waals surface area (Å²) in [5.74, 6) is 0.820. The van der Waals surface area contributed by atoms with Gasteiger partial charge in [-0.15, -0.1) is 0 Å². The summed E-state index contributed by atoms with van der Waals surface area (Å²) < 4.78 is 0.276. The number of H-pyrrole nitrogens is 1. The van der Waals surface area contributed by atoms with E-state index >= 15 is 0 Å². The molecule has 2 rings (SSSR count). The Morgan fingerprint density at radius 2 is 2.11 bits per heavy atom. The van der Waals surface area contributed by atoms with Crippen LogP contribution < -0.4 is 11.1 Å². The minimum atomic E-state index is 0.276. The third kappa shape index (κ3) is 2.97. The van der Waals surface area contributed by atoms with Crippen molar-refractivity contribution in [1.82, 2.24) is 9.97 Å². The molecule has 0 saturated heterocycles. The lowest BCUT2D eigenvalue weighted by Crippen LogP contribution is -2.32. The number of nitrogens with one attached hydrogen (secondary N) is 2. The highest BCUT2D eigenvalue weighted by Gasteiger charge is 2.24. The summed E-state index contributed by atoms with van der Waals surface area (Å²) >= 11 is 1.92. The molecule has 2 aromatic rings. The third-order valence-corrected chi connectivity index (χ3v) is 5.39. The maximum Gasteiger partial charge on any atom is 0.201 e. The standard InChI is InChI=1S/C14H22N4S/c1-4-14(5-2,19-3)9-16-13-17-11-7-6-10(15)8-12(11)18-13/h6-8H,4-5,9,15H2,1-3H3,(H2,16,17,18). The maximum atomic E-state index is 5.77. The zero-order valence-electron chi connectivity index (χ0n) is 11.8. The fourth-order valence-corrected chi connectivity index (χ4v) is 3.01. The first-order valence-electron chi connectivity index (χ1n) is 6.66. The summed E-state index contributed by atoms with van der Waals surface area (Å²) in [6.45, 7) is 5.39. The third-order valence-electron chi connectivity index (χ3n) is 3.81. The molecule has 4 nitrogen and oxygen atoms in total. The number of thioether (sulfide) groups is 1. The Labute approximate surface area is 118 Å². The van der Waals surface area contributed by atoms with Crippen LogP contribution in [0.25, 0.3) is 11.0 Å². The Kier molecular flexibility index (Phi) is 4.24. The molecule has 0 fully saturated rings. The van der Waals surface area contributed by atoms with Crippen molar-refractivity contribution >= 4 is 34.4 Å². The summed E-state index contributed by atoms with van der Waals surface area (Å²) in [5.41, 5.74) is 8.44. The first-order chi connectivity index (χ1) is 9.12. The number of nitrogen functional groups attached to an aromatic ring is 1. The summed E-state index contributed by atoms with van der Waals surface area (Å²) in [4.78, 5) is 7.80. The number of aromatic amines is 1. The number of fused-ring (bicyclic) bond motifs is 1. The van der Waals surface area contributed by atoms with Crippen molar-refractivity contribution in [3.63, 3.8) is 0 Å². The van der Waals surface area contributed by atoms with Gasteiger partial charge in [0.25, 0.3) is 0 Å². The van der Waals surface area contributed by atoms with Gasteiger partial charge < -0.3 is 16.0 Å². The normalized spacial score (nSPS) is 11.9. The highest BCUT2D eigenvalue weighted by atomic mass is 32.2. The average molecular weight is 278 g/mol. The minimum Gasteiger partial charge on any atom is -0.399 e. The van der Waals surface area contributed by atoms with Crippen LogP contribution in [-0.4, -0.2) is 27.5 Å². The van der Waals surface area contributed by atoms with Crippen molar-refractivity contribution in [3.05, 3.63) is 18.2 Å². The van der Waals surface area contributed by atoms with E-state index in [1.807, 2.05) is 30.0 Å². The lowest BCUT2D eigenvalue weighted by Gasteiger charge is -2.29. The predicted molar refractivity (Wildman–Crippen MR) is 85.8 cm³/mol. The fourth-order valence-electron chi connectivity index (χ4n) is 2.22. The van der Waals surface area contributed by atoms with Crippen LogP contribution in [0.3, 0.4) is 0 Å². The molecule has 0 saturated carbocycles. The monoisotopic (exact) mass is 278 g/mol. The molecule has 4 N–H and O–H groups in total. The number of nitrogens with two attached hydrogens (primary N) is 1. The molecule has 1 heterocycles. The van der Waals surface area contributed by atoms with Crippen molar-refractivity contribution in [2.24, 2.45) is 0 Å². The molecule has 1 aromatic heterocycles. The average Bonchev–Trinajstić information content (AvgIpc) is 2.83. The second-order valence-electron chi connectivity index (χ2n) is 4.81. The SMILES string of the molecule is CCC(CC)(CNc1nc2ccc(N)cc2[nH]1)SC. The first-order valence-corrected chi connectivity index (χ1v) is 7.89. The maximum absolute atomic E-state index is 5.77. The largest absolute Gasteiger partial charge is 0.399 e. The van der Waals surface area contributed by atoms with E-state index in [4.69, 9.17) is 5.73 Å². The van der Waals surface area contributed by atoms with Gasteiger partial charge in [0.05, 0.1) is 11.0 Å². The Balaban J connectivity index is 2.13. The molecule has 0 aliphatic heterocycles. The zero-order valence-corrected chi connectivity index (χ0v) is 12.6. The van der Waals surface area contributed by atoms with Crippen LogP contribution >= 0.6 is 11.8 Å². The van der Waals surface area contributed by atoms with Gasteiger partial charge in [0.1, 0.15) is 0 Å². The second kappa shape index (κ2) is 5.74. The van der Waals surface area contributed by atoms with E-state index in [0.29, 0.717) is 0 Å². The number of rotatable bonds is 6. The van der Waals surface area contributed by atoms with Crippen molar-refractivity contribution in [2.45, 2.75) is 31.4 Å². The van der Waals surface area contributed by atoms with Gasteiger partial charge in [0.15, 0.2) is 0 Å². The Morgan fingerprint density at radius 1 is 1.37 bits per heavy atom. The highest BCUT2D eigenvalue weighted by molar-refractivity contribution is 8.00.